The Morgan fingerprint density at radius 2 is 1.63 bits per heavy atom. The Kier molecular flexibility index (Phi) is 3.41. The van der Waals surface area contributed by atoms with E-state index in [0.717, 1.165) is 18.5 Å². The SMILES string of the molecule is Cc1ccc(NC(=O)C2[C@@H]3CCC=CCC[C@@H]23)cc1. The molecule has 0 spiro atoms. The average Bonchev–Trinajstić information content (AvgIpc) is 3.03. The zero-order chi connectivity index (χ0) is 13.2. The molecule has 2 nitrogen and oxygen atoms in total. The summed E-state index contributed by atoms with van der Waals surface area (Å²) in [7, 11) is 0. The Labute approximate surface area is 114 Å². The number of fused-ring (bicyclic) bond motifs is 1. The number of hydrogen-bond donors (Lipinski definition) is 1. The van der Waals surface area contributed by atoms with E-state index in [1.165, 1.54) is 18.4 Å². The largest absolute Gasteiger partial charge is 0.326 e. The summed E-state index contributed by atoms with van der Waals surface area (Å²) in [6, 6.07) is 8.05. The van der Waals surface area contributed by atoms with Crippen molar-refractivity contribution in [2.24, 2.45) is 17.8 Å². The molecule has 0 aromatic heterocycles. The normalized spacial score (nSPS) is 29.0. The van der Waals surface area contributed by atoms with Crippen molar-refractivity contribution in [3.63, 3.8) is 0 Å². The number of anilines is 1. The van der Waals surface area contributed by atoms with Gasteiger partial charge in [0.25, 0.3) is 0 Å². The molecule has 1 aromatic rings. The third-order valence-corrected chi connectivity index (χ3v) is 4.45. The maximum Gasteiger partial charge on any atom is 0.228 e. The molecule has 2 atom stereocenters. The van der Waals surface area contributed by atoms with Gasteiger partial charge in [0, 0.05) is 11.6 Å². The maximum atomic E-state index is 12.3. The number of nitrogens with one attached hydrogen (secondary N) is 1. The first-order valence-electron chi connectivity index (χ1n) is 7.28. The quantitative estimate of drug-likeness (QED) is 0.797. The summed E-state index contributed by atoms with van der Waals surface area (Å²) in [6.45, 7) is 2.06. The van der Waals surface area contributed by atoms with Crippen LogP contribution in [0.25, 0.3) is 0 Å². The summed E-state index contributed by atoms with van der Waals surface area (Å²) in [5.74, 6) is 1.72. The molecule has 19 heavy (non-hydrogen) atoms. The lowest BCUT2D eigenvalue weighted by Crippen LogP contribution is -2.15. The topological polar surface area (TPSA) is 29.1 Å². The van der Waals surface area contributed by atoms with Gasteiger partial charge >= 0.3 is 0 Å². The molecule has 0 aliphatic heterocycles. The second-order valence-electron chi connectivity index (χ2n) is 5.83. The van der Waals surface area contributed by atoms with Gasteiger partial charge in [0.1, 0.15) is 0 Å². The van der Waals surface area contributed by atoms with Gasteiger partial charge in [-0.25, -0.2) is 0 Å². The van der Waals surface area contributed by atoms with Gasteiger partial charge in [-0.3, -0.25) is 4.79 Å². The van der Waals surface area contributed by atoms with E-state index < -0.39 is 0 Å². The molecule has 2 aliphatic rings. The summed E-state index contributed by atoms with van der Waals surface area (Å²) in [4.78, 5) is 12.3. The first-order valence-corrected chi connectivity index (χ1v) is 7.28. The van der Waals surface area contributed by atoms with E-state index in [0.29, 0.717) is 11.8 Å². The lowest BCUT2D eigenvalue weighted by Gasteiger charge is -2.05. The Morgan fingerprint density at radius 3 is 2.21 bits per heavy atom. The maximum absolute atomic E-state index is 12.3. The van der Waals surface area contributed by atoms with Crippen LogP contribution in [0.2, 0.25) is 0 Å². The van der Waals surface area contributed by atoms with Crippen LogP contribution >= 0.6 is 0 Å². The minimum absolute atomic E-state index is 0.223. The molecule has 0 unspecified atom stereocenters. The minimum atomic E-state index is 0.223. The predicted molar refractivity (Wildman–Crippen MR) is 77.9 cm³/mol. The molecule has 2 heteroatoms. The van der Waals surface area contributed by atoms with Crippen LogP contribution in [0.1, 0.15) is 31.2 Å². The van der Waals surface area contributed by atoms with E-state index >= 15 is 0 Å². The Hall–Kier alpha value is -1.57. The fraction of sp³-hybridized carbons (Fsp3) is 0.471. The molecule has 1 amide bonds. The number of hydrogen-bond acceptors (Lipinski definition) is 1. The molecule has 1 N–H and O–H groups in total. The van der Waals surface area contributed by atoms with Gasteiger partial charge in [0.05, 0.1) is 0 Å². The van der Waals surface area contributed by atoms with E-state index in [-0.39, 0.29) is 11.8 Å². The van der Waals surface area contributed by atoms with Gasteiger partial charge in [-0.05, 0) is 56.6 Å². The van der Waals surface area contributed by atoms with Crippen LogP contribution < -0.4 is 5.32 Å². The number of rotatable bonds is 2. The van der Waals surface area contributed by atoms with Crippen LogP contribution in [0.15, 0.2) is 36.4 Å². The zero-order valence-electron chi connectivity index (χ0n) is 11.4. The minimum Gasteiger partial charge on any atom is -0.326 e. The molecule has 100 valence electrons. The monoisotopic (exact) mass is 255 g/mol. The van der Waals surface area contributed by atoms with Crippen LogP contribution in [0.5, 0.6) is 0 Å². The van der Waals surface area contributed by atoms with E-state index in [2.05, 4.69) is 24.4 Å². The van der Waals surface area contributed by atoms with E-state index in [1.54, 1.807) is 0 Å². The molecule has 1 aromatic carbocycles. The summed E-state index contributed by atoms with van der Waals surface area (Å²) in [5.41, 5.74) is 2.14. The Morgan fingerprint density at radius 1 is 1.05 bits per heavy atom. The van der Waals surface area contributed by atoms with Crippen LogP contribution in [-0.4, -0.2) is 5.91 Å². The fourth-order valence-electron chi connectivity index (χ4n) is 3.30. The predicted octanol–water partition coefficient (Wildman–Crippen LogP) is 3.93. The average molecular weight is 255 g/mol. The number of allylic oxidation sites excluding steroid dienone is 2. The number of carbonyl (C=O) groups excluding carboxylic acids is 1. The number of benzene rings is 1. The smallest absolute Gasteiger partial charge is 0.228 e. The molecular formula is C17H21NO. The summed E-state index contributed by atoms with van der Waals surface area (Å²) >= 11 is 0. The highest BCUT2D eigenvalue weighted by Crippen LogP contribution is 2.53. The summed E-state index contributed by atoms with van der Waals surface area (Å²) in [6.07, 6.45) is 9.15. The van der Waals surface area contributed by atoms with Crippen molar-refractivity contribution < 1.29 is 4.79 Å². The highest BCUT2D eigenvalue weighted by Gasteiger charge is 2.53. The van der Waals surface area contributed by atoms with Crippen molar-refractivity contribution in [1.29, 1.82) is 0 Å². The zero-order valence-corrected chi connectivity index (χ0v) is 11.4. The van der Waals surface area contributed by atoms with Gasteiger partial charge in [0.15, 0.2) is 0 Å². The molecule has 0 radical (unpaired) electrons. The second-order valence-corrected chi connectivity index (χ2v) is 5.83. The van der Waals surface area contributed by atoms with E-state index in [4.69, 9.17) is 0 Å². The lowest BCUT2D eigenvalue weighted by molar-refractivity contribution is -0.117. The highest BCUT2D eigenvalue weighted by molar-refractivity contribution is 5.94. The van der Waals surface area contributed by atoms with Crippen molar-refractivity contribution in [3.8, 4) is 0 Å². The first kappa shape index (κ1) is 12.5. The number of aryl methyl sites for hydroxylation is 1. The molecule has 0 bridgehead atoms. The molecule has 2 aliphatic carbocycles. The van der Waals surface area contributed by atoms with Crippen molar-refractivity contribution >= 4 is 11.6 Å². The molecule has 1 saturated carbocycles. The number of amides is 1. The van der Waals surface area contributed by atoms with Crippen LogP contribution in [0.4, 0.5) is 5.69 Å². The molecule has 0 heterocycles. The van der Waals surface area contributed by atoms with Gasteiger partial charge in [-0.2, -0.15) is 0 Å². The van der Waals surface area contributed by atoms with Gasteiger partial charge < -0.3 is 5.32 Å². The van der Waals surface area contributed by atoms with Crippen LogP contribution in [0.3, 0.4) is 0 Å². The number of carbonyl (C=O) groups is 1. The molecule has 0 saturated heterocycles. The van der Waals surface area contributed by atoms with Gasteiger partial charge in [-0.1, -0.05) is 29.8 Å². The van der Waals surface area contributed by atoms with Gasteiger partial charge in [0.2, 0.25) is 5.91 Å². The Bertz CT molecular complexity index is 472. The van der Waals surface area contributed by atoms with Crippen molar-refractivity contribution in [2.45, 2.75) is 32.6 Å². The first-order chi connectivity index (χ1) is 9.25. The molecule has 3 rings (SSSR count). The van der Waals surface area contributed by atoms with Crippen molar-refractivity contribution in [1.82, 2.24) is 0 Å². The summed E-state index contributed by atoms with van der Waals surface area (Å²) < 4.78 is 0. The van der Waals surface area contributed by atoms with Gasteiger partial charge in [-0.15, -0.1) is 0 Å². The third-order valence-electron chi connectivity index (χ3n) is 4.45. The standard InChI is InChI=1S/C17H21NO/c1-12-8-10-13(11-9-12)18-17(19)16-14-6-4-2-3-5-7-15(14)16/h2-3,8-11,14-16H,4-7H2,1H3,(H,18,19)/t14-,15-/m1/s1. The van der Waals surface area contributed by atoms with E-state index in [1.807, 2.05) is 24.3 Å². The summed E-state index contributed by atoms with van der Waals surface area (Å²) in [5, 5.41) is 3.07. The Balaban J connectivity index is 1.61. The van der Waals surface area contributed by atoms with Crippen molar-refractivity contribution in [3.05, 3.63) is 42.0 Å². The lowest BCUT2D eigenvalue weighted by atomic mass is 10.1. The third kappa shape index (κ3) is 2.73. The van der Waals surface area contributed by atoms with Crippen molar-refractivity contribution in [2.75, 3.05) is 5.32 Å². The highest BCUT2D eigenvalue weighted by atomic mass is 16.2. The van der Waals surface area contributed by atoms with E-state index in [9.17, 15) is 4.79 Å². The molecule has 1 fully saturated rings. The second kappa shape index (κ2) is 5.20. The van der Waals surface area contributed by atoms with Crippen LogP contribution in [0, 0.1) is 24.7 Å². The molecular weight excluding hydrogens is 234 g/mol. The van der Waals surface area contributed by atoms with Crippen LogP contribution in [-0.2, 0) is 4.79 Å². The fourth-order valence-corrected chi connectivity index (χ4v) is 3.30.